The van der Waals surface area contributed by atoms with Crippen LogP contribution in [0.3, 0.4) is 0 Å². The molecule has 0 atom stereocenters. The quantitative estimate of drug-likeness (QED) is 0.474. The second-order valence-electron chi connectivity index (χ2n) is 9.37. The average Bonchev–Trinajstić information content (AvgIpc) is 2.71. The Balaban J connectivity index is 1.25. The molecule has 3 nitrogen and oxygen atoms in total. The lowest BCUT2D eigenvalue weighted by Gasteiger charge is -2.54. The summed E-state index contributed by atoms with van der Waals surface area (Å²) >= 11 is 9.78. The van der Waals surface area contributed by atoms with E-state index < -0.39 is 0 Å². The number of hydrogen-bond donors (Lipinski definition) is 1. The van der Waals surface area contributed by atoms with Crippen LogP contribution in [-0.2, 0) is 13.2 Å². The Morgan fingerprint density at radius 3 is 2.40 bits per heavy atom. The Labute approximate surface area is 192 Å². The highest BCUT2D eigenvalue weighted by atomic mass is 79.9. The van der Waals surface area contributed by atoms with Crippen molar-refractivity contribution in [3.05, 3.63) is 57.0 Å². The fraction of sp³-hybridized carbons (Fsp3) is 0.520. The normalized spacial score (nSPS) is 29.2. The fourth-order valence-corrected chi connectivity index (χ4v) is 7.11. The molecule has 4 aliphatic rings. The molecule has 0 saturated heterocycles. The Bertz CT molecular complexity index is 890. The molecule has 0 aromatic heterocycles. The van der Waals surface area contributed by atoms with Crippen LogP contribution in [-0.4, -0.2) is 13.2 Å². The maximum atomic E-state index is 6.08. The van der Waals surface area contributed by atoms with Crippen molar-refractivity contribution < 1.29 is 9.47 Å². The van der Waals surface area contributed by atoms with Crippen LogP contribution < -0.4 is 14.8 Å². The first-order valence-electron chi connectivity index (χ1n) is 11.1. The van der Waals surface area contributed by atoms with Crippen molar-refractivity contribution in [3.63, 3.8) is 0 Å². The maximum absolute atomic E-state index is 6.08. The second-order valence-corrected chi connectivity index (χ2v) is 10.7. The van der Waals surface area contributed by atoms with Gasteiger partial charge in [-0.05, 0) is 107 Å². The third-order valence-electron chi connectivity index (χ3n) is 7.33. The molecule has 0 unspecified atom stereocenters. The Morgan fingerprint density at radius 2 is 1.73 bits per heavy atom. The molecule has 4 bridgehead atoms. The first-order chi connectivity index (χ1) is 14.6. The van der Waals surface area contributed by atoms with Crippen LogP contribution in [0.2, 0.25) is 5.02 Å². The molecule has 0 radical (unpaired) electrons. The Kier molecular flexibility index (Phi) is 6.01. The lowest BCUT2D eigenvalue weighted by molar-refractivity contribution is -0.0142. The van der Waals surface area contributed by atoms with Crippen molar-refractivity contribution in [1.82, 2.24) is 5.32 Å². The number of rotatable bonds is 7. The predicted octanol–water partition coefficient (Wildman–Crippen LogP) is 6.60. The fourth-order valence-electron chi connectivity index (χ4n) is 6.29. The minimum Gasteiger partial charge on any atom is -0.493 e. The summed E-state index contributed by atoms with van der Waals surface area (Å²) < 4.78 is 12.7. The number of benzene rings is 2. The van der Waals surface area contributed by atoms with Gasteiger partial charge in [0.05, 0.1) is 11.6 Å². The van der Waals surface area contributed by atoms with Gasteiger partial charge in [0.15, 0.2) is 11.5 Å². The van der Waals surface area contributed by atoms with Gasteiger partial charge in [0.2, 0.25) is 0 Å². The minimum absolute atomic E-state index is 0.445. The predicted molar refractivity (Wildman–Crippen MR) is 124 cm³/mol. The molecule has 1 N–H and O–H groups in total. The molecule has 0 heterocycles. The van der Waals surface area contributed by atoms with Gasteiger partial charge in [-0.15, -0.1) is 0 Å². The third-order valence-corrected chi connectivity index (χ3v) is 8.15. The number of nitrogens with one attached hydrogen (secondary N) is 1. The van der Waals surface area contributed by atoms with Gasteiger partial charge in [-0.3, -0.25) is 0 Å². The molecule has 6 rings (SSSR count). The lowest BCUT2D eigenvalue weighted by atomic mass is 9.54. The van der Waals surface area contributed by atoms with Gasteiger partial charge in [-0.2, -0.15) is 0 Å². The van der Waals surface area contributed by atoms with E-state index in [2.05, 4.69) is 33.4 Å². The van der Waals surface area contributed by atoms with Crippen molar-refractivity contribution in [1.29, 1.82) is 0 Å². The summed E-state index contributed by atoms with van der Waals surface area (Å²) in [4.78, 5) is 0. The van der Waals surface area contributed by atoms with E-state index in [1.807, 2.05) is 24.3 Å². The summed E-state index contributed by atoms with van der Waals surface area (Å²) in [6.07, 6.45) is 7.25. The van der Waals surface area contributed by atoms with E-state index in [1.165, 1.54) is 37.7 Å². The maximum Gasteiger partial charge on any atom is 0.175 e. The van der Waals surface area contributed by atoms with Crippen LogP contribution in [0.15, 0.2) is 40.9 Å². The van der Waals surface area contributed by atoms with Gasteiger partial charge in [0, 0.05) is 17.6 Å². The first kappa shape index (κ1) is 20.7. The summed E-state index contributed by atoms with van der Waals surface area (Å²) in [7, 11) is 1.70. The van der Waals surface area contributed by atoms with Crippen molar-refractivity contribution in [2.45, 2.75) is 51.3 Å². The van der Waals surface area contributed by atoms with Gasteiger partial charge < -0.3 is 14.8 Å². The zero-order valence-electron chi connectivity index (χ0n) is 17.4. The van der Waals surface area contributed by atoms with Gasteiger partial charge in [-0.1, -0.05) is 23.7 Å². The molecular formula is C25H29BrClNO2. The third kappa shape index (κ3) is 4.24. The standard InChI is InChI=1S/C25H29BrClNO2/c1-29-23-12-18(11-22(26)25(23)30-14-15-3-2-4-21(27)10-15)13-28-24-19-6-16-5-17(8-19)9-20(24)7-16/h2-4,10-12,16-17,19-20,24,28H,5-9,13-14H2,1H3. The van der Waals surface area contributed by atoms with E-state index in [0.717, 1.165) is 51.8 Å². The second kappa shape index (κ2) is 8.72. The molecule has 0 amide bonds. The van der Waals surface area contributed by atoms with Gasteiger partial charge in [0.25, 0.3) is 0 Å². The zero-order valence-corrected chi connectivity index (χ0v) is 19.7. The van der Waals surface area contributed by atoms with Crippen LogP contribution in [0.1, 0.15) is 43.2 Å². The molecule has 4 aliphatic carbocycles. The van der Waals surface area contributed by atoms with Crippen LogP contribution in [0, 0.1) is 23.7 Å². The molecule has 0 spiro atoms. The van der Waals surface area contributed by atoms with Crippen LogP contribution >= 0.6 is 27.5 Å². The SMILES string of the molecule is COc1cc(CNC2C3CC4CC(C3)CC2C4)cc(Br)c1OCc1cccc(Cl)c1. The highest BCUT2D eigenvalue weighted by molar-refractivity contribution is 9.10. The Hall–Kier alpha value is -1.23. The number of halogens is 2. The molecule has 2 aromatic carbocycles. The minimum atomic E-state index is 0.445. The van der Waals surface area contributed by atoms with E-state index in [9.17, 15) is 0 Å². The topological polar surface area (TPSA) is 30.5 Å². The van der Waals surface area contributed by atoms with Crippen molar-refractivity contribution in [2.75, 3.05) is 7.11 Å². The van der Waals surface area contributed by atoms with E-state index >= 15 is 0 Å². The van der Waals surface area contributed by atoms with Crippen LogP contribution in [0.5, 0.6) is 11.5 Å². The van der Waals surface area contributed by atoms with Crippen LogP contribution in [0.4, 0.5) is 0 Å². The van der Waals surface area contributed by atoms with Crippen molar-refractivity contribution in [2.24, 2.45) is 23.7 Å². The van der Waals surface area contributed by atoms with E-state index in [4.69, 9.17) is 21.1 Å². The van der Waals surface area contributed by atoms with Crippen LogP contribution in [0.25, 0.3) is 0 Å². The lowest BCUT2D eigenvalue weighted by Crippen LogP contribution is -2.54. The summed E-state index contributed by atoms with van der Waals surface area (Å²) in [6.45, 7) is 1.32. The monoisotopic (exact) mass is 489 g/mol. The smallest absolute Gasteiger partial charge is 0.175 e. The first-order valence-corrected chi connectivity index (χ1v) is 12.2. The van der Waals surface area contributed by atoms with Gasteiger partial charge in [-0.25, -0.2) is 0 Å². The number of hydrogen-bond acceptors (Lipinski definition) is 3. The Morgan fingerprint density at radius 1 is 1.00 bits per heavy atom. The number of ether oxygens (including phenoxy) is 2. The largest absolute Gasteiger partial charge is 0.493 e. The van der Waals surface area contributed by atoms with Gasteiger partial charge in [0.1, 0.15) is 6.61 Å². The summed E-state index contributed by atoms with van der Waals surface area (Å²) in [6, 6.07) is 12.7. The molecule has 160 valence electrons. The molecule has 2 aromatic rings. The summed E-state index contributed by atoms with van der Waals surface area (Å²) in [5.41, 5.74) is 2.26. The van der Waals surface area contributed by atoms with Crippen molar-refractivity contribution in [3.8, 4) is 11.5 Å². The van der Waals surface area contributed by atoms with Gasteiger partial charge >= 0.3 is 0 Å². The molecule has 4 saturated carbocycles. The molecular weight excluding hydrogens is 462 g/mol. The average molecular weight is 491 g/mol. The molecule has 0 aliphatic heterocycles. The number of methoxy groups -OCH3 is 1. The molecule has 30 heavy (non-hydrogen) atoms. The van der Waals surface area contributed by atoms with E-state index in [-0.39, 0.29) is 0 Å². The zero-order chi connectivity index (χ0) is 20.7. The summed E-state index contributed by atoms with van der Waals surface area (Å²) in [5, 5.41) is 4.63. The van der Waals surface area contributed by atoms with E-state index in [0.29, 0.717) is 17.7 Å². The van der Waals surface area contributed by atoms with Crippen molar-refractivity contribution >= 4 is 27.5 Å². The molecule has 5 heteroatoms. The summed E-state index contributed by atoms with van der Waals surface area (Å²) in [5.74, 6) is 5.27. The highest BCUT2D eigenvalue weighted by Crippen LogP contribution is 2.53. The highest BCUT2D eigenvalue weighted by Gasteiger charge is 2.47. The van der Waals surface area contributed by atoms with E-state index in [1.54, 1.807) is 7.11 Å². The molecule has 4 fully saturated rings.